The number of carbonyl (C=O) groups excluding carboxylic acids is 5. The number of hydrogen-bond donors (Lipinski definition) is 1. The van der Waals surface area contributed by atoms with Crippen LogP contribution in [0, 0.1) is 0 Å². The van der Waals surface area contributed by atoms with E-state index in [1.165, 1.54) is 19.2 Å². The Morgan fingerprint density at radius 1 is 0.800 bits per heavy atom. The highest BCUT2D eigenvalue weighted by Gasteiger charge is 2.39. The standard InChI is InChI=1S/C30H26N2O8/c1-38-26(33)15-14-18(16-27(34)40-32-28(35)23-12-6-7-13-24(23)29(32)36)31-30(37)39-17-25-21-10-4-2-8-19(21)20-9-3-5-11-22(20)25/h2-13,18,25H,14-17H2,1H3,(H,31,37)/t18-/m1/s1. The minimum Gasteiger partial charge on any atom is -0.469 e. The molecule has 40 heavy (non-hydrogen) atoms. The van der Waals surface area contributed by atoms with Crippen LogP contribution in [-0.2, 0) is 23.9 Å². The maximum atomic E-state index is 12.8. The highest BCUT2D eigenvalue weighted by atomic mass is 16.7. The van der Waals surface area contributed by atoms with Crippen LogP contribution in [0.5, 0.6) is 0 Å². The molecular weight excluding hydrogens is 516 g/mol. The van der Waals surface area contributed by atoms with Crippen molar-refractivity contribution in [3.63, 3.8) is 0 Å². The summed E-state index contributed by atoms with van der Waals surface area (Å²) >= 11 is 0. The fraction of sp³-hybridized carbons (Fsp3) is 0.233. The third-order valence-corrected chi connectivity index (χ3v) is 6.95. The molecule has 0 unspecified atom stereocenters. The van der Waals surface area contributed by atoms with Gasteiger partial charge in [-0.25, -0.2) is 9.59 Å². The molecule has 1 atom stereocenters. The lowest BCUT2D eigenvalue weighted by Gasteiger charge is -2.20. The quantitative estimate of drug-likeness (QED) is 0.318. The number of benzene rings is 3. The summed E-state index contributed by atoms with van der Waals surface area (Å²) < 4.78 is 10.2. The van der Waals surface area contributed by atoms with Gasteiger partial charge in [0.05, 0.1) is 24.7 Å². The molecule has 10 heteroatoms. The van der Waals surface area contributed by atoms with Crippen LogP contribution in [-0.4, -0.2) is 54.7 Å². The second-order valence-corrected chi connectivity index (χ2v) is 9.40. The average Bonchev–Trinajstić information content (AvgIpc) is 3.41. The molecule has 5 rings (SSSR count). The summed E-state index contributed by atoms with van der Waals surface area (Å²) in [5.41, 5.74) is 4.50. The first-order valence-electron chi connectivity index (χ1n) is 12.7. The second-order valence-electron chi connectivity index (χ2n) is 9.40. The predicted octanol–water partition coefficient (Wildman–Crippen LogP) is 3.99. The third-order valence-electron chi connectivity index (χ3n) is 6.95. The van der Waals surface area contributed by atoms with Crippen molar-refractivity contribution in [3.8, 4) is 11.1 Å². The smallest absolute Gasteiger partial charge is 0.407 e. The molecule has 0 saturated heterocycles. The maximum Gasteiger partial charge on any atom is 0.407 e. The average molecular weight is 543 g/mol. The van der Waals surface area contributed by atoms with E-state index >= 15 is 0 Å². The lowest BCUT2D eigenvalue weighted by atomic mass is 9.98. The molecule has 0 spiro atoms. The Hall–Kier alpha value is -4.99. The Bertz CT molecular complexity index is 1420. The van der Waals surface area contributed by atoms with Gasteiger partial charge in [0, 0.05) is 18.4 Å². The number of esters is 1. The summed E-state index contributed by atoms with van der Waals surface area (Å²) in [4.78, 5) is 67.4. The Kier molecular flexibility index (Phi) is 7.59. The summed E-state index contributed by atoms with van der Waals surface area (Å²) in [6.45, 7) is 0.0586. The number of imide groups is 1. The summed E-state index contributed by atoms with van der Waals surface area (Å²) in [5.74, 6) is -3.16. The number of ether oxygens (including phenoxy) is 2. The van der Waals surface area contributed by atoms with Crippen LogP contribution in [0.25, 0.3) is 11.1 Å². The van der Waals surface area contributed by atoms with E-state index in [1.807, 2.05) is 48.5 Å². The van der Waals surface area contributed by atoms with Crippen molar-refractivity contribution < 1.29 is 38.3 Å². The molecule has 3 amide bonds. The van der Waals surface area contributed by atoms with Crippen LogP contribution in [0.3, 0.4) is 0 Å². The highest BCUT2D eigenvalue weighted by Crippen LogP contribution is 2.44. The summed E-state index contributed by atoms with van der Waals surface area (Å²) in [6.07, 6.45) is -1.27. The van der Waals surface area contributed by atoms with Gasteiger partial charge in [-0.15, -0.1) is 0 Å². The molecule has 1 heterocycles. The molecule has 0 aromatic heterocycles. The molecule has 1 N–H and O–H groups in total. The topological polar surface area (TPSA) is 128 Å². The van der Waals surface area contributed by atoms with Crippen molar-refractivity contribution in [3.05, 3.63) is 95.1 Å². The number of carbonyl (C=O) groups is 5. The number of amides is 3. The molecule has 0 saturated carbocycles. The van der Waals surface area contributed by atoms with Crippen LogP contribution in [0.4, 0.5) is 4.79 Å². The Morgan fingerprint density at radius 3 is 1.88 bits per heavy atom. The monoisotopic (exact) mass is 542 g/mol. The van der Waals surface area contributed by atoms with E-state index in [9.17, 15) is 24.0 Å². The van der Waals surface area contributed by atoms with Gasteiger partial charge in [-0.05, 0) is 40.8 Å². The largest absolute Gasteiger partial charge is 0.469 e. The van der Waals surface area contributed by atoms with Crippen molar-refractivity contribution in [2.75, 3.05) is 13.7 Å². The van der Waals surface area contributed by atoms with E-state index in [0.29, 0.717) is 5.06 Å². The molecule has 1 aliphatic heterocycles. The zero-order chi connectivity index (χ0) is 28.2. The Labute approximate surface area is 229 Å². The van der Waals surface area contributed by atoms with Gasteiger partial charge < -0.3 is 19.6 Å². The fourth-order valence-corrected chi connectivity index (χ4v) is 5.02. The number of fused-ring (bicyclic) bond motifs is 4. The number of nitrogens with one attached hydrogen (secondary N) is 1. The van der Waals surface area contributed by atoms with Gasteiger partial charge in [0.1, 0.15) is 6.61 Å². The summed E-state index contributed by atoms with van der Waals surface area (Å²) in [5, 5.41) is 3.01. The third kappa shape index (κ3) is 5.28. The van der Waals surface area contributed by atoms with Gasteiger partial charge in [0.2, 0.25) is 0 Å². The van der Waals surface area contributed by atoms with Crippen molar-refractivity contribution >= 4 is 29.8 Å². The molecule has 3 aromatic carbocycles. The van der Waals surface area contributed by atoms with Gasteiger partial charge >= 0.3 is 18.0 Å². The Morgan fingerprint density at radius 2 is 1.32 bits per heavy atom. The minimum atomic E-state index is -0.941. The lowest BCUT2D eigenvalue weighted by Crippen LogP contribution is -2.40. The number of hydroxylamine groups is 2. The normalized spacial score (nSPS) is 14.2. The van der Waals surface area contributed by atoms with Crippen molar-refractivity contribution in [2.24, 2.45) is 0 Å². The van der Waals surface area contributed by atoms with Gasteiger partial charge in [0.15, 0.2) is 0 Å². The fourth-order valence-electron chi connectivity index (χ4n) is 5.02. The predicted molar refractivity (Wildman–Crippen MR) is 141 cm³/mol. The van der Waals surface area contributed by atoms with Crippen LogP contribution in [0.2, 0.25) is 0 Å². The molecule has 0 bridgehead atoms. The first-order chi connectivity index (χ1) is 19.4. The number of hydrogen-bond acceptors (Lipinski definition) is 8. The van der Waals surface area contributed by atoms with Gasteiger partial charge in [0.25, 0.3) is 11.8 Å². The van der Waals surface area contributed by atoms with E-state index < -0.39 is 42.3 Å². The van der Waals surface area contributed by atoms with Crippen molar-refractivity contribution in [1.82, 2.24) is 10.4 Å². The summed E-state index contributed by atoms with van der Waals surface area (Å²) in [7, 11) is 1.23. The molecule has 2 aliphatic rings. The number of nitrogens with zero attached hydrogens (tertiary/aromatic N) is 1. The second kappa shape index (κ2) is 11.4. The molecule has 3 aromatic rings. The minimum absolute atomic E-state index is 0.0358. The van der Waals surface area contributed by atoms with Crippen LogP contribution >= 0.6 is 0 Å². The van der Waals surface area contributed by atoms with Gasteiger partial charge in [-0.2, -0.15) is 0 Å². The van der Waals surface area contributed by atoms with Crippen LogP contribution in [0.15, 0.2) is 72.8 Å². The molecular formula is C30H26N2O8. The maximum absolute atomic E-state index is 12.8. The Balaban J connectivity index is 1.22. The first kappa shape index (κ1) is 26.6. The number of rotatable bonds is 9. The lowest BCUT2D eigenvalue weighted by molar-refractivity contribution is -0.169. The summed E-state index contributed by atoms with van der Waals surface area (Å²) in [6, 6.07) is 21.0. The zero-order valence-corrected chi connectivity index (χ0v) is 21.6. The SMILES string of the molecule is COC(=O)CC[C@H](CC(=O)ON1C(=O)c2ccccc2C1=O)NC(=O)OCC1c2ccccc2-c2ccccc21. The highest BCUT2D eigenvalue weighted by molar-refractivity contribution is 6.20. The molecule has 1 aliphatic carbocycles. The van der Waals surface area contributed by atoms with Crippen LogP contribution in [0.1, 0.15) is 57.0 Å². The van der Waals surface area contributed by atoms with Crippen molar-refractivity contribution in [2.45, 2.75) is 31.2 Å². The van der Waals surface area contributed by atoms with Gasteiger partial charge in [-0.1, -0.05) is 65.7 Å². The molecule has 10 nitrogen and oxygen atoms in total. The van der Waals surface area contributed by atoms with E-state index in [2.05, 4.69) is 10.1 Å². The van der Waals surface area contributed by atoms with Crippen molar-refractivity contribution in [1.29, 1.82) is 0 Å². The number of methoxy groups -OCH3 is 1. The van der Waals surface area contributed by atoms with E-state index in [1.54, 1.807) is 12.1 Å². The zero-order valence-electron chi connectivity index (χ0n) is 21.6. The first-order valence-corrected chi connectivity index (χ1v) is 12.7. The van der Waals surface area contributed by atoms with E-state index in [-0.39, 0.29) is 36.5 Å². The molecule has 204 valence electrons. The van der Waals surface area contributed by atoms with E-state index in [4.69, 9.17) is 9.57 Å². The van der Waals surface area contributed by atoms with E-state index in [0.717, 1.165) is 22.3 Å². The van der Waals surface area contributed by atoms with Crippen LogP contribution < -0.4 is 5.32 Å². The molecule has 0 radical (unpaired) electrons. The number of alkyl carbamates (subject to hydrolysis) is 1. The van der Waals surface area contributed by atoms with Gasteiger partial charge in [-0.3, -0.25) is 14.4 Å². The molecule has 0 fully saturated rings.